The highest BCUT2D eigenvalue weighted by Crippen LogP contribution is 2.20. The summed E-state index contributed by atoms with van der Waals surface area (Å²) in [5, 5.41) is 0. The van der Waals surface area contributed by atoms with Crippen molar-refractivity contribution in [2.45, 2.75) is 37.6 Å². The van der Waals surface area contributed by atoms with E-state index in [1.54, 1.807) is 16.4 Å². The molecule has 0 unspecified atom stereocenters. The molecule has 2 aromatic rings. The van der Waals surface area contributed by atoms with Crippen molar-refractivity contribution in [1.82, 2.24) is 9.21 Å². The van der Waals surface area contributed by atoms with Gasteiger partial charge in [0.1, 0.15) is 0 Å². The third kappa shape index (κ3) is 4.53. The van der Waals surface area contributed by atoms with Crippen LogP contribution in [0, 0.1) is 6.92 Å². The van der Waals surface area contributed by atoms with E-state index in [4.69, 9.17) is 0 Å². The summed E-state index contributed by atoms with van der Waals surface area (Å²) in [6.45, 7) is 6.92. The summed E-state index contributed by atoms with van der Waals surface area (Å²) in [6, 6.07) is 18.1. The Morgan fingerprint density at radius 2 is 1.54 bits per heavy atom. The number of sulfonamides is 1. The second-order valence-electron chi connectivity index (χ2n) is 7.13. The molecule has 0 aromatic heterocycles. The van der Waals surface area contributed by atoms with Crippen molar-refractivity contribution < 1.29 is 8.42 Å². The monoisotopic (exact) mass is 372 g/mol. The van der Waals surface area contributed by atoms with Gasteiger partial charge in [-0.1, -0.05) is 48.0 Å². The number of hydrogen-bond acceptors (Lipinski definition) is 3. The molecular weight excluding hydrogens is 344 g/mol. The van der Waals surface area contributed by atoms with Gasteiger partial charge in [-0.05, 0) is 44.4 Å². The molecule has 1 aliphatic heterocycles. The molecule has 140 valence electrons. The zero-order valence-electron chi connectivity index (χ0n) is 15.6. The van der Waals surface area contributed by atoms with Crippen LogP contribution in [0.3, 0.4) is 0 Å². The van der Waals surface area contributed by atoms with Gasteiger partial charge in [0.25, 0.3) is 0 Å². The summed E-state index contributed by atoms with van der Waals surface area (Å²) in [6.07, 6.45) is 2.15. The van der Waals surface area contributed by atoms with Crippen molar-refractivity contribution in [3.8, 4) is 0 Å². The largest absolute Gasteiger partial charge is 0.298 e. The van der Waals surface area contributed by atoms with E-state index in [9.17, 15) is 8.42 Å². The van der Waals surface area contributed by atoms with Crippen LogP contribution in [-0.4, -0.2) is 49.8 Å². The average molecular weight is 373 g/mol. The predicted molar refractivity (Wildman–Crippen MR) is 106 cm³/mol. The first-order valence-electron chi connectivity index (χ1n) is 9.31. The smallest absolute Gasteiger partial charge is 0.243 e. The first-order chi connectivity index (χ1) is 12.5. The van der Waals surface area contributed by atoms with Crippen molar-refractivity contribution in [3.63, 3.8) is 0 Å². The summed E-state index contributed by atoms with van der Waals surface area (Å²) >= 11 is 0. The van der Waals surface area contributed by atoms with E-state index in [-0.39, 0.29) is 0 Å². The van der Waals surface area contributed by atoms with Crippen molar-refractivity contribution in [3.05, 3.63) is 65.7 Å². The molecule has 0 radical (unpaired) electrons. The van der Waals surface area contributed by atoms with E-state index in [1.165, 1.54) is 5.56 Å². The van der Waals surface area contributed by atoms with Crippen LogP contribution in [0.5, 0.6) is 0 Å². The number of rotatable bonds is 6. The topological polar surface area (TPSA) is 40.6 Å². The number of piperazine rings is 1. The first kappa shape index (κ1) is 19.1. The van der Waals surface area contributed by atoms with Gasteiger partial charge in [-0.25, -0.2) is 8.42 Å². The SMILES string of the molecule is Cc1ccc(S(=O)(=O)N2CCN([C@@H](C)CCc3ccccc3)CC2)cc1. The maximum atomic E-state index is 12.8. The Morgan fingerprint density at radius 1 is 0.923 bits per heavy atom. The molecule has 0 bridgehead atoms. The van der Waals surface area contributed by atoms with Crippen molar-refractivity contribution >= 4 is 10.0 Å². The molecule has 0 amide bonds. The molecule has 1 saturated heterocycles. The van der Waals surface area contributed by atoms with Crippen LogP contribution >= 0.6 is 0 Å². The van der Waals surface area contributed by atoms with E-state index in [2.05, 4.69) is 36.1 Å². The summed E-state index contributed by atoms with van der Waals surface area (Å²) < 4.78 is 27.2. The molecule has 1 heterocycles. The lowest BCUT2D eigenvalue weighted by atomic mass is 10.0. The lowest BCUT2D eigenvalue weighted by Crippen LogP contribution is -2.51. The highest BCUT2D eigenvalue weighted by molar-refractivity contribution is 7.89. The first-order valence-corrected chi connectivity index (χ1v) is 10.8. The fraction of sp³-hybridized carbons (Fsp3) is 0.429. The highest BCUT2D eigenvalue weighted by atomic mass is 32.2. The Morgan fingerprint density at radius 3 is 2.15 bits per heavy atom. The van der Waals surface area contributed by atoms with Crippen LogP contribution in [0.1, 0.15) is 24.5 Å². The van der Waals surface area contributed by atoms with E-state index in [0.29, 0.717) is 24.0 Å². The van der Waals surface area contributed by atoms with Gasteiger partial charge in [0.2, 0.25) is 10.0 Å². The Bertz CT molecular complexity index is 796. The average Bonchev–Trinajstić information content (AvgIpc) is 2.67. The molecule has 4 nitrogen and oxygen atoms in total. The third-order valence-corrected chi connectivity index (χ3v) is 7.16. The van der Waals surface area contributed by atoms with Gasteiger partial charge in [-0.3, -0.25) is 4.90 Å². The molecule has 0 saturated carbocycles. The van der Waals surface area contributed by atoms with Gasteiger partial charge in [0, 0.05) is 32.2 Å². The summed E-state index contributed by atoms with van der Waals surface area (Å²) in [5.74, 6) is 0. The van der Waals surface area contributed by atoms with Gasteiger partial charge in [-0.2, -0.15) is 4.31 Å². The summed E-state index contributed by atoms with van der Waals surface area (Å²) in [4.78, 5) is 2.80. The molecule has 1 aliphatic rings. The van der Waals surface area contributed by atoms with E-state index >= 15 is 0 Å². The molecule has 3 rings (SSSR count). The minimum Gasteiger partial charge on any atom is -0.298 e. The van der Waals surface area contributed by atoms with Crippen LogP contribution in [0.2, 0.25) is 0 Å². The molecule has 1 fully saturated rings. The number of nitrogens with zero attached hydrogens (tertiary/aromatic N) is 2. The normalized spacial score (nSPS) is 17.9. The second kappa shape index (κ2) is 8.33. The standard InChI is InChI=1S/C21H28N2O2S/c1-18-8-12-21(13-9-18)26(24,25)23-16-14-22(15-17-23)19(2)10-11-20-6-4-3-5-7-20/h3-9,12-13,19H,10-11,14-17H2,1-2H3/t19-/m0/s1. The Kier molecular flexibility index (Phi) is 6.12. The minimum absolute atomic E-state index is 0.397. The molecule has 1 atom stereocenters. The lowest BCUT2D eigenvalue weighted by Gasteiger charge is -2.37. The van der Waals surface area contributed by atoms with Crippen molar-refractivity contribution in [2.75, 3.05) is 26.2 Å². The van der Waals surface area contributed by atoms with Crippen LogP contribution in [0.25, 0.3) is 0 Å². The molecule has 5 heteroatoms. The maximum absolute atomic E-state index is 12.8. The van der Waals surface area contributed by atoms with Crippen LogP contribution in [-0.2, 0) is 16.4 Å². The van der Waals surface area contributed by atoms with Gasteiger partial charge in [0.05, 0.1) is 4.90 Å². The molecule has 0 N–H and O–H groups in total. The molecule has 2 aromatic carbocycles. The predicted octanol–water partition coefficient (Wildman–Crippen LogP) is 3.32. The van der Waals surface area contributed by atoms with E-state index in [1.807, 2.05) is 25.1 Å². The summed E-state index contributed by atoms with van der Waals surface area (Å²) in [5.41, 5.74) is 2.43. The quantitative estimate of drug-likeness (QED) is 0.781. The highest BCUT2D eigenvalue weighted by Gasteiger charge is 2.29. The van der Waals surface area contributed by atoms with Crippen LogP contribution in [0.4, 0.5) is 0 Å². The third-order valence-electron chi connectivity index (χ3n) is 5.25. The summed E-state index contributed by atoms with van der Waals surface area (Å²) in [7, 11) is -3.38. The van der Waals surface area contributed by atoms with Gasteiger partial charge < -0.3 is 0 Å². The van der Waals surface area contributed by atoms with Gasteiger partial charge >= 0.3 is 0 Å². The number of hydrogen-bond donors (Lipinski definition) is 0. The molecule has 0 aliphatic carbocycles. The van der Waals surface area contributed by atoms with Crippen molar-refractivity contribution in [1.29, 1.82) is 0 Å². The van der Waals surface area contributed by atoms with Crippen molar-refractivity contribution in [2.24, 2.45) is 0 Å². The Labute approximate surface area is 157 Å². The maximum Gasteiger partial charge on any atom is 0.243 e. The zero-order chi connectivity index (χ0) is 18.6. The molecular formula is C21H28N2O2S. The second-order valence-corrected chi connectivity index (χ2v) is 9.06. The van der Waals surface area contributed by atoms with E-state index in [0.717, 1.165) is 31.5 Å². The Balaban J connectivity index is 1.54. The van der Waals surface area contributed by atoms with Crippen LogP contribution in [0.15, 0.2) is 59.5 Å². The van der Waals surface area contributed by atoms with Gasteiger partial charge in [-0.15, -0.1) is 0 Å². The number of benzene rings is 2. The van der Waals surface area contributed by atoms with Crippen LogP contribution < -0.4 is 0 Å². The molecule has 26 heavy (non-hydrogen) atoms. The number of aryl methyl sites for hydroxylation is 2. The minimum atomic E-state index is -3.38. The zero-order valence-corrected chi connectivity index (χ0v) is 16.5. The van der Waals surface area contributed by atoms with Gasteiger partial charge in [0.15, 0.2) is 0 Å². The Hall–Kier alpha value is -1.69. The fourth-order valence-electron chi connectivity index (χ4n) is 3.45. The fourth-order valence-corrected chi connectivity index (χ4v) is 4.87. The van der Waals surface area contributed by atoms with E-state index < -0.39 is 10.0 Å². The molecule has 0 spiro atoms. The lowest BCUT2D eigenvalue weighted by molar-refractivity contribution is 0.140.